The molecule has 0 unspecified atom stereocenters. The summed E-state index contributed by atoms with van der Waals surface area (Å²) in [7, 11) is -3.90. The van der Waals surface area contributed by atoms with Crippen molar-refractivity contribution in [2.24, 2.45) is 0 Å². The van der Waals surface area contributed by atoms with E-state index in [4.69, 9.17) is 5.11 Å². The van der Waals surface area contributed by atoms with Crippen LogP contribution in [0.5, 0.6) is 0 Å². The number of aliphatic hydroxyl groups is 1. The molecule has 2 N–H and O–H groups in total. The third-order valence-corrected chi connectivity index (χ3v) is 3.63. The topological polar surface area (TPSA) is 83.5 Å². The summed E-state index contributed by atoms with van der Waals surface area (Å²) in [5, 5.41) is 8.89. The number of hydrogen-bond acceptors (Lipinski definition) is 4. The Morgan fingerprint density at radius 1 is 1.38 bits per heavy atom. The van der Waals surface area contributed by atoms with Crippen molar-refractivity contribution < 1.29 is 18.3 Å². The van der Waals surface area contributed by atoms with Gasteiger partial charge >= 0.3 is 0 Å². The number of rotatable bonds is 3. The van der Waals surface area contributed by atoms with E-state index in [1.165, 1.54) is 19.1 Å². The fourth-order valence-electron chi connectivity index (χ4n) is 0.890. The lowest BCUT2D eigenvalue weighted by Crippen LogP contribution is -2.37. The van der Waals surface area contributed by atoms with Crippen molar-refractivity contribution in [1.29, 1.82) is 0 Å². The highest BCUT2D eigenvalue weighted by Gasteiger charge is 2.19. The van der Waals surface area contributed by atoms with Crippen LogP contribution in [-0.4, -0.2) is 25.5 Å². The maximum atomic E-state index is 11.6. The lowest BCUT2D eigenvalue weighted by Gasteiger charge is -2.08. The molecule has 0 fully saturated rings. The molecule has 1 aromatic rings. The number of amides is 1. The Kier molecular flexibility index (Phi) is 4.06. The van der Waals surface area contributed by atoms with Gasteiger partial charge in [0.05, 0.1) is 4.90 Å². The first-order valence-corrected chi connectivity index (χ1v) is 6.61. The number of halogens is 1. The van der Waals surface area contributed by atoms with Gasteiger partial charge in [-0.3, -0.25) is 4.79 Å². The molecule has 5 nitrogen and oxygen atoms in total. The highest BCUT2D eigenvalue weighted by molar-refractivity contribution is 9.10. The normalized spacial score (nSPS) is 13.2. The predicted octanol–water partition coefficient (Wildman–Crippen LogP) is 0.635. The Bertz CT molecular complexity index is 481. The maximum absolute atomic E-state index is 11.6. The number of sulfonamides is 1. The number of carbonyl (C=O) groups is 1. The first-order chi connectivity index (χ1) is 7.33. The van der Waals surface area contributed by atoms with Gasteiger partial charge in [0.2, 0.25) is 0 Å². The second-order valence-electron chi connectivity index (χ2n) is 3.10. The molecule has 16 heavy (non-hydrogen) atoms. The minimum Gasteiger partial charge on any atom is -0.384 e. The Labute approximate surface area is 102 Å². The Hall–Kier alpha value is -0.920. The van der Waals surface area contributed by atoms with Gasteiger partial charge in [-0.05, 0) is 31.2 Å². The number of aliphatic hydroxyl groups excluding tert-OH is 1. The average Bonchev–Trinajstić information content (AvgIpc) is 2.17. The minimum absolute atomic E-state index is 0.0373. The van der Waals surface area contributed by atoms with E-state index in [0.717, 1.165) is 4.47 Å². The van der Waals surface area contributed by atoms with Crippen LogP contribution < -0.4 is 4.72 Å². The molecule has 0 aliphatic heterocycles. The molecule has 1 rings (SSSR count). The molecule has 0 aromatic heterocycles. The Morgan fingerprint density at radius 3 is 2.31 bits per heavy atom. The second kappa shape index (κ2) is 4.94. The van der Waals surface area contributed by atoms with E-state index in [1.54, 1.807) is 16.9 Å². The third-order valence-electron chi connectivity index (χ3n) is 1.74. The molecule has 0 heterocycles. The van der Waals surface area contributed by atoms with Crippen molar-refractivity contribution in [3.8, 4) is 0 Å². The van der Waals surface area contributed by atoms with Gasteiger partial charge in [0.15, 0.2) is 0 Å². The second-order valence-corrected chi connectivity index (χ2v) is 5.70. The van der Waals surface area contributed by atoms with Crippen LogP contribution in [0.1, 0.15) is 6.92 Å². The summed E-state index contributed by atoms with van der Waals surface area (Å²) >= 11 is 3.16. The lowest BCUT2D eigenvalue weighted by atomic mass is 10.4. The van der Waals surface area contributed by atoms with Crippen LogP contribution in [0, 0.1) is 0 Å². The van der Waals surface area contributed by atoms with Crippen molar-refractivity contribution in [2.45, 2.75) is 17.9 Å². The van der Waals surface area contributed by atoms with Crippen molar-refractivity contribution in [2.75, 3.05) is 0 Å². The summed E-state index contributed by atoms with van der Waals surface area (Å²) < 4.78 is 25.7. The summed E-state index contributed by atoms with van der Waals surface area (Å²) in [6, 6.07) is 5.78. The highest BCUT2D eigenvalue weighted by Crippen LogP contribution is 2.14. The summed E-state index contributed by atoms with van der Waals surface area (Å²) in [6.07, 6.45) is -1.37. The minimum atomic E-state index is -3.90. The van der Waals surface area contributed by atoms with Gasteiger partial charge in [-0.15, -0.1) is 0 Å². The molecule has 88 valence electrons. The van der Waals surface area contributed by atoms with Crippen LogP contribution in [-0.2, 0) is 14.8 Å². The quantitative estimate of drug-likeness (QED) is 0.858. The van der Waals surface area contributed by atoms with Gasteiger partial charge in [-0.25, -0.2) is 13.1 Å². The first-order valence-electron chi connectivity index (χ1n) is 4.33. The van der Waals surface area contributed by atoms with E-state index in [9.17, 15) is 13.2 Å². The fourth-order valence-corrected chi connectivity index (χ4v) is 2.20. The monoisotopic (exact) mass is 307 g/mol. The van der Waals surface area contributed by atoms with Gasteiger partial charge in [0, 0.05) is 4.47 Å². The van der Waals surface area contributed by atoms with E-state index in [0.29, 0.717) is 0 Å². The molecule has 0 aliphatic rings. The largest absolute Gasteiger partial charge is 0.384 e. The number of nitrogens with one attached hydrogen (secondary N) is 1. The molecule has 1 atom stereocenters. The summed E-state index contributed by atoms with van der Waals surface area (Å²) in [5.74, 6) is -0.956. The van der Waals surface area contributed by atoms with Crippen molar-refractivity contribution in [1.82, 2.24) is 4.72 Å². The van der Waals surface area contributed by atoms with Gasteiger partial charge < -0.3 is 5.11 Å². The van der Waals surface area contributed by atoms with Crippen molar-refractivity contribution in [3.05, 3.63) is 28.7 Å². The van der Waals surface area contributed by atoms with Crippen LogP contribution >= 0.6 is 15.9 Å². The van der Waals surface area contributed by atoms with Crippen LogP contribution in [0.3, 0.4) is 0 Å². The van der Waals surface area contributed by atoms with Gasteiger partial charge in [0.1, 0.15) is 6.10 Å². The average molecular weight is 308 g/mol. The molecular weight excluding hydrogens is 298 g/mol. The molecule has 1 aromatic carbocycles. The summed E-state index contributed by atoms with van der Waals surface area (Å²) in [6.45, 7) is 1.19. The lowest BCUT2D eigenvalue weighted by molar-refractivity contribution is -0.126. The number of benzene rings is 1. The standard InChI is InChI=1S/C9H10BrNO4S/c1-6(12)9(13)11-16(14,15)8-4-2-7(10)3-5-8/h2-6,12H,1H3,(H,11,13)/t6-/m0/s1. The molecule has 0 radical (unpaired) electrons. The fraction of sp³-hybridized carbons (Fsp3) is 0.222. The number of hydrogen-bond donors (Lipinski definition) is 2. The third kappa shape index (κ3) is 3.29. The molecule has 0 bridgehead atoms. The zero-order valence-corrected chi connectivity index (χ0v) is 10.7. The van der Waals surface area contributed by atoms with Crippen LogP contribution in [0.25, 0.3) is 0 Å². The highest BCUT2D eigenvalue weighted by atomic mass is 79.9. The molecule has 0 aliphatic carbocycles. The SMILES string of the molecule is C[C@H](O)C(=O)NS(=O)(=O)c1ccc(Br)cc1. The zero-order chi connectivity index (χ0) is 12.3. The van der Waals surface area contributed by atoms with Gasteiger partial charge in [0.25, 0.3) is 15.9 Å². The maximum Gasteiger partial charge on any atom is 0.264 e. The van der Waals surface area contributed by atoms with Crippen molar-refractivity contribution >= 4 is 31.9 Å². The van der Waals surface area contributed by atoms with Crippen molar-refractivity contribution in [3.63, 3.8) is 0 Å². The van der Waals surface area contributed by atoms with Crippen LogP contribution in [0.2, 0.25) is 0 Å². The van der Waals surface area contributed by atoms with Crippen LogP contribution in [0.15, 0.2) is 33.6 Å². The Morgan fingerprint density at radius 2 is 1.88 bits per heavy atom. The van der Waals surface area contributed by atoms with E-state index in [1.807, 2.05) is 0 Å². The molecular formula is C9H10BrNO4S. The predicted molar refractivity (Wildman–Crippen MR) is 61.2 cm³/mol. The first kappa shape index (κ1) is 13.1. The van der Waals surface area contributed by atoms with E-state index >= 15 is 0 Å². The molecule has 0 saturated heterocycles. The summed E-state index contributed by atoms with van der Waals surface area (Å²) in [4.78, 5) is 11.0. The van der Waals surface area contributed by atoms with Gasteiger partial charge in [-0.1, -0.05) is 15.9 Å². The van der Waals surface area contributed by atoms with E-state index < -0.39 is 22.0 Å². The van der Waals surface area contributed by atoms with Crippen LogP contribution in [0.4, 0.5) is 0 Å². The number of carbonyl (C=O) groups excluding carboxylic acids is 1. The van der Waals surface area contributed by atoms with Gasteiger partial charge in [-0.2, -0.15) is 0 Å². The Balaban J connectivity index is 2.95. The molecule has 0 saturated carbocycles. The molecule has 0 spiro atoms. The zero-order valence-electron chi connectivity index (χ0n) is 8.34. The van der Waals surface area contributed by atoms with E-state index in [-0.39, 0.29) is 4.90 Å². The molecule has 7 heteroatoms. The molecule has 1 amide bonds. The smallest absolute Gasteiger partial charge is 0.264 e. The summed E-state index contributed by atoms with van der Waals surface area (Å²) in [5.41, 5.74) is 0. The van der Waals surface area contributed by atoms with E-state index in [2.05, 4.69) is 15.9 Å².